The van der Waals surface area contributed by atoms with Crippen molar-refractivity contribution in [3.05, 3.63) is 260 Å². The molecule has 1 heterocycles. The third-order valence-corrected chi connectivity index (χ3v) is 13.3. The first-order chi connectivity index (χ1) is 32.4. The van der Waals surface area contributed by atoms with Crippen molar-refractivity contribution in [3.8, 4) is 50.2 Å². The average Bonchev–Trinajstić information content (AvgIpc) is 3.72. The molecule has 0 amide bonds. The van der Waals surface area contributed by atoms with Crippen molar-refractivity contribution in [1.82, 2.24) is 4.57 Å². The van der Waals surface area contributed by atoms with Crippen LogP contribution in [0.4, 0.5) is 17.1 Å². The largest absolute Gasteiger partial charge is 0.311 e. The number of aromatic nitrogens is 1. The Morgan fingerprint density at radius 3 is 1.53 bits per heavy atom. The van der Waals surface area contributed by atoms with Gasteiger partial charge in [-0.05, 0) is 140 Å². The van der Waals surface area contributed by atoms with Crippen LogP contribution in [0.2, 0.25) is 0 Å². The molecule has 0 fully saturated rings. The molecule has 0 bridgehead atoms. The van der Waals surface area contributed by atoms with Gasteiger partial charge >= 0.3 is 0 Å². The number of anilines is 3. The quantitative estimate of drug-likeness (QED) is 0.148. The van der Waals surface area contributed by atoms with Crippen LogP contribution < -0.4 is 4.90 Å². The molecule has 10 aromatic rings. The van der Waals surface area contributed by atoms with Gasteiger partial charge in [-0.1, -0.05) is 196 Å². The Bertz CT molecular complexity index is 3360. The van der Waals surface area contributed by atoms with E-state index in [1.165, 1.54) is 77.4 Å². The zero-order valence-electron chi connectivity index (χ0n) is 37.4. The molecule has 9 aromatic carbocycles. The Kier molecular flexibility index (Phi) is 10.5. The number of rotatable bonds is 8. The number of hydrogen-bond acceptors (Lipinski definition) is 1. The Morgan fingerprint density at radius 2 is 0.909 bits per heavy atom. The molecule has 316 valence electrons. The highest BCUT2D eigenvalue weighted by Crippen LogP contribution is 2.41. The normalized spacial score (nSPS) is 14.2. The molecule has 11 rings (SSSR count). The molecular weight excluding hydrogens is 797 g/mol. The standard InChI is InChI=1S/C64H50N2/c1-45-16-7-6-14-41-64(2,3)61-44-57(38-40-58(45)61)66-62-24-13-12-23-59(62)60-39-31-53(43-63(60)66)52-22-15-21-51(42-52)50-29-36-56(37-30-50)65(54-32-25-48(26-33-54)46-17-8-4-9-18-46)55-34-27-49(28-35-55)47-19-10-5-11-20-47/h4-40,42-44H,1,41H2,2-3H3/b14-6-,16-7-. The molecule has 1 aliphatic carbocycles. The molecule has 2 nitrogen and oxygen atoms in total. The third kappa shape index (κ3) is 7.67. The highest BCUT2D eigenvalue weighted by atomic mass is 15.1. The van der Waals surface area contributed by atoms with Gasteiger partial charge < -0.3 is 9.47 Å². The second kappa shape index (κ2) is 17.1. The first-order valence-corrected chi connectivity index (χ1v) is 22.9. The van der Waals surface area contributed by atoms with Crippen molar-refractivity contribution in [3.63, 3.8) is 0 Å². The highest BCUT2D eigenvalue weighted by molar-refractivity contribution is 6.10. The van der Waals surface area contributed by atoms with E-state index >= 15 is 0 Å². The summed E-state index contributed by atoms with van der Waals surface area (Å²) in [6, 6.07) is 79.6. The number of hydrogen-bond donors (Lipinski definition) is 0. The van der Waals surface area contributed by atoms with Crippen molar-refractivity contribution >= 4 is 44.4 Å². The van der Waals surface area contributed by atoms with E-state index in [4.69, 9.17) is 0 Å². The van der Waals surface area contributed by atoms with Gasteiger partial charge in [0.1, 0.15) is 0 Å². The average molecular weight is 847 g/mol. The molecule has 1 aromatic heterocycles. The van der Waals surface area contributed by atoms with Crippen molar-refractivity contribution in [2.24, 2.45) is 0 Å². The molecule has 0 saturated heterocycles. The number of benzene rings is 9. The minimum atomic E-state index is -0.0695. The second-order valence-corrected chi connectivity index (χ2v) is 18.0. The fraction of sp³-hybridized carbons (Fsp3) is 0.0625. The molecule has 0 aliphatic heterocycles. The monoisotopic (exact) mass is 846 g/mol. The van der Waals surface area contributed by atoms with Crippen LogP contribution in [0.5, 0.6) is 0 Å². The molecule has 0 N–H and O–H groups in total. The summed E-state index contributed by atoms with van der Waals surface area (Å²) in [7, 11) is 0. The highest BCUT2D eigenvalue weighted by Gasteiger charge is 2.25. The molecule has 0 radical (unpaired) electrons. The molecule has 0 atom stereocenters. The summed E-state index contributed by atoms with van der Waals surface area (Å²) in [5, 5.41) is 2.49. The van der Waals surface area contributed by atoms with E-state index in [2.05, 4.69) is 273 Å². The van der Waals surface area contributed by atoms with E-state index in [0.29, 0.717) is 0 Å². The summed E-state index contributed by atoms with van der Waals surface area (Å²) >= 11 is 0. The van der Waals surface area contributed by atoms with Crippen LogP contribution in [-0.2, 0) is 5.41 Å². The topological polar surface area (TPSA) is 8.17 Å². The Balaban J connectivity index is 0.950. The molecule has 0 spiro atoms. The van der Waals surface area contributed by atoms with E-state index in [1.54, 1.807) is 0 Å². The summed E-state index contributed by atoms with van der Waals surface area (Å²) in [5.41, 5.74) is 19.8. The van der Waals surface area contributed by atoms with E-state index in [1.807, 2.05) is 0 Å². The van der Waals surface area contributed by atoms with Crippen LogP contribution >= 0.6 is 0 Å². The van der Waals surface area contributed by atoms with Crippen LogP contribution in [0.3, 0.4) is 0 Å². The second-order valence-electron chi connectivity index (χ2n) is 18.0. The summed E-state index contributed by atoms with van der Waals surface area (Å²) in [6.07, 6.45) is 9.59. The summed E-state index contributed by atoms with van der Waals surface area (Å²) < 4.78 is 2.45. The molecule has 0 unspecified atom stereocenters. The zero-order valence-corrected chi connectivity index (χ0v) is 37.4. The predicted octanol–water partition coefficient (Wildman–Crippen LogP) is 17.7. The Labute approximate surface area is 388 Å². The lowest BCUT2D eigenvalue weighted by Gasteiger charge is -2.28. The molecule has 1 aliphatic rings. The summed E-state index contributed by atoms with van der Waals surface area (Å²) in [5.74, 6) is 0. The van der Waals surface area contributed by atoms with Crippen molar-refractivity contribution in [1.29, 1.82) is 0 Å². The van der Waals surface area contributed by atoms with Crippen molar-refractivity contribution in [2.75, 3.05) is 4.90 Å². The number of allylic oxidation sites excluding steroid dienone is 5. The SMILES string of the molecule is C=C1/C=C\C=C/CC(C)(C)c2cc(-n3c4ccccc4c4ccc(-c5cccc(-c6ccc(N(c7ccc(-c8ccccc8)cc7)c7ccc(-c8ccccc8)cc7)cc6)c5)cc43)ccc21. The zero-order chi connectivity index (χ0) is 44.6. The number of fused-ring (bicyclic) bond motifs is 4. The lowest BCUT2D eigenvalue weighted by Crippen LogP contribution is -2.18. The fourth-order valence-corrected chi connectivity index (χ4v) is 9.75. The van der Waals surface area contributed by atoms with Crippen molar-refractivity contribution in [2.45, 2.75) is 25.7 Å². The van der Waals surface area contributed by atoms with Crippen LogP contribution in [0.25, 0.3) is 77.6 Å². The molecular formula is C64H50N2. The van der Waals surface area contributed by atoms with E-state index in [-0.39, 0.29) is 5.41 Å². The molecule has 2 heteroatoms. The molecule has 0 saturated carbocycles. The van der Waals surface area contributed by atoms with Crippen molar-refractivity contribution < 1.29 is 0 Å². The maximum atomic E-state index is 4.46. The van der Waals surface area contributed by atoms with Gasteiger partial charge in [-0.2, -0.15) is 0 Å². The minimum Gasteiger partial charge on any atom is -0.311 e. The van der Waals surface area contributed by atoms with Gasteiger partial charge in [0.05, 0.1) is 11.0 Å². The first-order valence-electron chi connectivity index (χ1n) is 22.9. The van der Waals surface area contributed by atoms with E-state index in [0.717, 1.165) is 34.7 Å². The lowest BCUT2D eigenvalue weighted by molar-refractivity contribution is 0.533. The minimum absolute atomic E-state index is 0.0695. The van der Waals surface area contributed by atoms with Crippen LogP contribution in [-0.4, -0.2) is 4.57 Å². The maximum absolute atomic E-state index is 4.46. The Morgan fingerprint density at radius 1 is 0.424 bits per heavy atom. The summed E-state index contributed by atoms with van der Waals surface area (Å²) in [6.45, 7) is 9.14. The van der Waals surface area contributed by atoms with Gasteiger partial charge in [-0.3, -0.25) is 0 Å². The fourth-order valence-electron chi connectivity index (χ4n) is 9.75. The molecule has 66 heavy (non-hydrogen) atoms. The van der Waals surface area contributed by atoms with Gasteiger partial charge in [0.2, 0.25) is 0 Å². The predicted molar refractivity (Wildman–Crippen MR) is 282 cm³/mol. The van der Waals surface area contributed by atoms with E-state index < -0.39 is 0 Å². The lowest BCUT2D eigenvalue weighted by atomic mass is 9.77. The smallest absolute Gasteiger partial charge is 0.0547 e. The number of nitrogens with zero attached hydrogens (tertiary/aromatic N) is 2. The maximum Gasteiger partial charge on any atom is 0.0547 e. The van der Waals surface area contributed by atoms with Gasteiger partial charge in [0.25, 0.3) is 0 Å². The van der Waals surface area contributed by atoms with Gasteiger partial charge in [0, 0.05) is 33.5 Å². The first kappa shape index (κ1) is 40.6. The van der Waals surface area contributed by atoms with Crippen LogP contribution in [0, 0.1) is 0 Å². The Hall–Kier alpha value is -8.20. The third-order valence-electron chi connectivity index (χ3n) is 13.3. The van der Waals surface area contributed by atoms with E-state index in [9.17, 15) is 0 Å². The summed E-state index contributed by atoms with van der Waals surface area (Å²) in [4.78, 5) is 2.34. The van der Waals surface area contributed by atoms with Gasteiger partial charge in [-0.25, -0.2) is 0 Å². The van der Waals surface area contributed by atoms with Gasteiger partial charge in [-0.15, -0.1) is 0 Å². The number of para-hydroxylation sites is 1. The van der Waals surface area contributed by atoms with Crippen LogP contribution in [0.15, 0.2) is 249 Å². The van der Waals surface area contributed by atoms with Crippen LogP contribution in [0.1, 0.15) is 31.4 Å². The van der Waals surface area contributed by atoms with Gasteiger partial charge in [0.15, 0.2) is 0 Å².